The molecule has 0 aliphatic heterocycles. The van der Waals surface area contributed by atoms with Crippen molar-refractivity contribution in [2.24, 2.45) is 22.6 Å². The monoisotopic (exact) mass is 374 g/mol. The van der Waals surface area contributed by atoms with Crippen molar-refractivity contribution in [2.45, 2.75) is 32.2 Å². The van der Waals surface area contributed by atoms with Crippen molar-refractivity contribution in [1.29, 1.82) is 0 Å². The minimum absolute atomic E-state index is 0.259. The summed E-state index contributed by atoms with van der Waals surface area (Å²) in [7, 11) is 0. The first-order chi connectivity index (χ1) is 12.7. The van der Waals surface area contributed by atoms with Gasteiger partial charge in [0.2, 0.25) is 0 Å². The van der Waals surface area contributed by atoms with Gasteiger partial charge in [0.25, 0.3) is 0 Å². The minimum Gasteiger partial charge on any atom is -0.356 e. The van der Waals surface area contributed by atoms with Crippen molar-refractivity contribution in [1.82, 2.24) is 5.32 Å². The van der Waals surface area contributed by atoms with Gasteiger partial charge in [-0.2, -0.15) is 0 Å². The lowest BCUT2D eigenvalue weighted by Gasteiger charge is -2.28. The van der Waals surface area contributed by atoms with Crippen LogP contribution >= 0.6 is 11.3 Å². The Labute approximate surface area is 158 Å². The molecule has 0 bridgehead atoms. The molecule has 6 heteroatoms. The predicted octanol–water partition coefficient (Wildman–Crippen LogP) is 4.21. The van der Waals surface area contributed by atoms with Gasteiger partial charge in [-0.25, -0.2) is 9.38 Å². The molecule has 1 aliphatic carbocycles. The minimum atomic E-state index is -0.259. The Morgan fingerprint density at radius 3 is 2.88 bits per heavy atom. The molecule has 1 aliphatic rings. The Bertz CT molecular complexity index is 702. The van der Waals surface area contributed by atoms with E-state index in [1.54, 1.807) is 17.4 Å². The number of hydrogen-bond donors (Lipinski definition) is 3. The normalized spacial score (nSPS) is 20.8. The lowest BCUT2D eigenvalue weighted by Crippen LogP contribution is -2.37. The molecule has 140 valence electrons. The van der Waals surface area contributed by atoms with Crippen LogP contribution in [-0.4, -0.2) is 19.0 Å². The van der Waals surface area contributed by atoms with Gasteiger partial charge in [0.05, 0.1) is 6.54 Å². The van der Waals surface area contributed by atoms with Gasteiger partial charge in [-0.3, -0.25) is 0 Å². The fourth-order valence-electron chi connectivity index (χ4n) is 3.44. The van der Waals surface area contributed by atoms with Crippen LogP contribution in [-0.2, 0) is 6.54 Å². The van der Waals surface area contributed by atoms with Crippen LogP contribution in [0.2, 0.25) is 0 Å². The van der Waals surface area contributed by atoms with Gasteiger partial charge in [0.15, 0.2) is 5.96 Å². The molecular weight excluding hydrogens is 347 g/mol. The highest BCUT2D eigenvalue weighted by atomic mass is 32.1. The standard InChI is InChI=1S/C20H27FN4S/c21-17-6-2-7-18(11-17)25-20(24-14-19-8-3-9-26-19)23-13-16-5-1-4-15(10-16)12-22/h2-3,6-9,11,15-16H,1,4-5,10,12-14,22H2,(H2,23,24,25). The quantitative estimate of drug-likeness (QED) is 0.524. The molecule has 0 amide bonds. The zero-order valence-corrected chi connectivity index (χ0v) is 15.8. The van der Waals surface area contributed by atoms with E-state index in [0.29, 0.717) is 30.0 Å². The van der Waals surface area contributed by atoms with Crippen LogP contribution in [0.4, 0.5) is 10.1 Å². The second-order valence-corrected chi connectivity index (χ2v) is 7.93. The number of nitrogens with zero attached hydrogens (tertiary/aromatic N) is 1. The Morgan fingerprint density at radius 2 is 2.12 bits per heavy atom. The number of nitrogens with two attached hydrogens (primary N) is 1. The number of nitrogens with one attached hydrogen (secondary N) is 2. The molecule has 2 aromatic rings. The van der Waals surface area contributed by atoms with E-state index in [9.17, 15) is 4.39 Å². The van der Waals surface area contributed by atoms with E-state index >= 15 is 0 Å². The third-order valence-corrected chi connectivity index (χ3v) is 5.70. The summed E-state index contributed by atoms with van der Waals surface area (Å²) in [6.07, 6.45) is 4.88. The van der Waals surface area contributed by atoms with Crippen molar-refractivity contribution in [3.8, 4) is 0 Å². The zero-order valence-electron chi connectivity index (χ0n) is 15.0. The van der Waals surface area contributed by atoms with Crippen LogP contribution in [0, 0.1) is 17.7 Å². The summed E-state index contributed by atoms with van der Waals surface area (Å²) in [5, 5.41) is 8.72. The summed E-state index contributed by atoms with van der Waals surface area (Å²) < 4.78 is 13.5. The third kappa shape index (κ3) is 5.81. The summed E-state index contributed by atoms with van der Waals surface area (Å²) in [6.45, 7) is 2.25. The fourth-order valence-corrected chi connectivity index (χ4v) is 4.07. The number of rotatable bonds is 6. The molecule has 2 atom stereocenters. The van der Waals surface area contributed by atoms with Crippen LogP contribution in [0.1, 0.15) is 30.6 Å². The lowest BCUT2D eigenvalue weighted by molar-refractivity contribution is 0.272. The van der Waals surface area contributed by atoms with Crippen molar-refractivity contribution >= 4 is 23.0 Å². The molecule has 26 heavy (non-hydrogen) atoms. The van der Waals surface area contributed by atoms with Crippen LogP contribution in [0.15, 0.2) is 46.8 Å². The number of benzene rings is 1. The molecule has 0 radical (unpaired) electrons. The number of halogens is 1. The first kappa shape index (κ1) is 18.9. The Kier molecular flexibility index (Phi) is 7.03. The van der Waals surface area contributed by atoms with Gasteiger partial charge in [-0.1, -0.05) is 18.6 Å². The molecular formula is C20H27FN4S. The SMILES string of the molecule is NCC1CCCC(CNC(=NCc2cccs2)Nc2cccc(F)c2)C1. The van der Waals surface area contributed by atoms with Gasteiger partial charge < -0.3 is 16.4 Å². The molecule has 0 spiro atoms. The average Bonchev–Trinajstić information content (AvgIpc) is 3.18. The molecule has 2 unspecified atom stereocenters. The fraction of sp³-hybridized carbons (Fsp3) is 0.450. The highest BCUT2D eigenvalue weighted by Gasteiger charge is 2.21. The van der Waals surface area contributed by atoms with Crippen LogP contribution in [0.3, 0.4) is 0 Å². The van der Waals surface area contributed by atoms with Crippen molar-refractivity contribution in [3.05, 3.63) is 52.5 Å². The molecule has 1 aromatic heterocycles. The van der Waals surface area contributed by atoms with Gasteiger partial charge in [-0.05, 0) is 67.3 Å². The summed E-state index contributed by atoms with van der Waals surface area (Å²) in [4.78, 5) is 5.87. The van der Waals surface area contributed by atoms with Crippen LogP contribution in [0.5, 0.6) is 0 Å². The van der Waals surface area contributed by atoms with Crippen LogP contribution in [0.25, 0.3) is 0 Å². The molecule has 1 heterocycles. The van der Waals surface area contributed by atoms with E-state index in [1.807, 2.05) is 17.5 Å². The van der Waals surface area contributed by atoms with Gasteiger partial charge >= 0.3 is 0 Å². The maximum Gasteiger partial charge on any atom is 0.196 e. The number of guanidine groups is 1. The number of aliphatic imine (C=N–C) groups is 1. The molecule has 1 aromatic carbocycles. The summed E-state index contributed by atoms with van der Waals surface area (Å²) in [5.74, 6) is 1.68. The molecule has 1 fully saturated rings. The Balaban J connectivity index is 1.63. The zero-order chi connectivity index (χ0) is 18.2. The van der Waals surface area contributed by atoms with Gasteiger partial charge in [0, 0.05) is 17.1 Å². The van der Waals surface area contributed by atoms with Crippen molar-refractivity contribution < 1.29 is 4.39 Å². The third-order valence-electron chi connectivity index (χ3n) is 4.84. The van der Waals surface area contributed by atoms with Gasteiger partial charge in [-0.15, -0.1) is 11.3 Å². The maximum absolute atomic E-state index is 13.5. The van der Waals surface area contributed by atoms with E-state index in [1.165, 1.54) is 42.7 Å². The highest BCUT2D eigenvalue weighted by Crippen LogP contribution is 2.27. The maximum atomic E-state index is 13.5. The molecule has 0 saturated heterocycles. The topological polar surface area (TPSA) is 62.4 Å². The summed E-state index contributed by atoms with van der Waals surface area (Å²) in [5.41, 5.74) is 6.55. The second-order valence-electron chi connectivity index (χ2n) is 6.89. The molecule has 4 N–H and O–H groups in total. The largest absolute Gasteiger partial charge is 0.356 e. The van der Waals surface area contributed by atoms with E-state index in [4.69, 9.17) is 5.73 Å². The summed E-state index contributed by atoms with van der Waals surface area (Å²) in [6, 6.07) is 10.6. The average molecular weight is 375 g/mol. The van der Waals surface area contributed by atoms with Crippen LogP contribution < -0.4 is 16.4 Å². The van der Waals surface area contributed by atoms with E-state index in [-0.39, 0.29) is 5.82 Å². The van der Waals surface area contributed by atoms with E-state index in [0.717, 1.165) is 13.1 Å². The number of thiophene rings is 1. The second kappa shape index (κ2) is 9.69. The molecule has 3 rings (SSSR count). The van der Waals surface area contributed by atoms with Crippen molar-refractivity contribution in [3.63, 3.8) is 0 Å². The molecule has 4 nitrogen and oxygen atoms in total. The highest BCUT2D eigenvalue weighted by molar-refractivity contribution is 7.09. The number of anilines is 1. The first-order valence-corrected chi connectivity index (χ1v) is 10.1. The Hall–Kier alpha value is -1.92. The lowest BCUT2D eigenvalue weighted by atomic mass is 9.81. The van der Waals surface area contributed by atoms with Gasteiger partial charge in [0.1, 0.15) is 5.82 Å². The van der Waals surface area contributed by atoms with E-state index < -0.39 is 0 Å². The first-order valence-electron chi connectivity index (χ1n) is 9.26. The summed E-state index contributed by atoms with van der Waals surface area (Å²) >= 11 is 1.69. The van der Waals surface area contributed by atoms with Crippen molar-refractivity contribution in [2.75, 3.05) is 18.4 Å². The smallest absolute Gasteiger partial charge is 0.196 e. The molecule has 1 saturated carbocycles. The predicted molar refractivity (Wildman–Crippen MR) is 108 cm³/mol. The van der Waals surface area contributed by atoms with E-state index in [2.05, 4.69) is 21.7 Å². The Morgan fingerprint density at radius 1 is 1.23 bits per heavy atom. The number of hydrogen-bond acceptors (Lipinski definition) is 3.